The molecular formula is C14H26N4O2. The van der Waals surface area contributed by atoms with Crippen molar-refractivity contribution in [1.82, 2.24) is 15.0 Å². The van der Waals surface area contributed by atoms with Gasteiger partial charge in [0.2, 0.25) is 0 Å². The van der Waals surface area contributed by atoms with Gasteiger partial charge >= 0.3 is 0 Å². The number of likely N-dealkylation sites (tertiary alicyclic amines) is 1. The summed E-state index contributed by atoms with van der Waals surface area (Å²) in [5.41, 5.74) is 5.94. The quantitative estimate of drug-likeness (QED) is 0.888. The molecular weight excluding hydrogens is 256 g/mol. The Hall–Kier alpha value is -0.980. The van der Waals surface area contributed by atoms with Crippen LogP contribution in [0.2, 0.25) is 0 Å². The molecule has 1 aromatic heterocycles. The first-order chi connectivity index (χ1) is 9.44. The minimum atomic E-state index is -0.218. The summed E-state index contributed by atoms with van der Waals surface area (Å²) in [7, 11) is 0. The number of hydrogen-bond acceptors (Lipinski definition) is 6. The lowest BCUT2D eigenvalue weighted by Gasteiger charge is -2.27. The molecule has 1 aromatic rings. The molecule has 2 heterocycles. The molecule has 6 nitrogen and oxygen atoms in total. The van der Waals surface area contributed by atoms with Crippen LogP contribution in [0.1, 0.15) is 57.8 Å². The Balaban J connectivity index is 1.84. The summed E-state index contributed by atoms with van der Waals surface area (Å²) < 4.78 is 10.8. The largest absolute Gasteiger partial charge is 0.366 e. The molecule has 0 aromatic carbocycles. The van der Waals surface area contributed by atoms with Gasteiger partial charge in [-0.3, -0.25) is 0 Å². The van der Waals surface area contributed by atoms with Gasteiger partial charge in [-0.25, -0.2) is 0 Å². The number of nitrogens with two attached hydrogens (primary N) is 1. The average molecular weight is 282 g/mol. The zero-order valence-corrected chi connectivity index (χ0v) is 12.8. The smallest absolute Gasteiger partial charge is 0.252 e. The van der Waals surface area contributed by atoms with E-state index in [-0.39, 0.29) is 11.6 Å². The van der Waals surface area contributed by atoms with Gasteiger partial charge in [-0.15, -0.1) is 0 Å². The Morgan fingerprint density at radius 3 is 2.65 bits per heavy atom. The summed E-state index contributed by atoms with van der Waals surface area (Å²) in [4.78, 5) is 6.70. The first-order valence-electron chi connectivity index (χ1n) is 7.38. The van der Waals surface area contributed by atoms with Crippen LogP contribution in [0, 0.1) is 0 Å². The normalized spacial score (nSPS) is 19.2. The van der Waals surface area contributed by atoms with E-state index in [4.69, 9.17) is 15.0 Å². The molecule has 114 valence electrons. The summed E-state index contributed by atoms with van der Waals surface area (Å²) in [6.45, 7) is 9.33. The molecule has 0 bridgehead atoms. The second-order valence-electron chi connectivity index (χ2n) is 6.42. The minimum absolute atomic E-state index is 0.194. The van der Waals surface area contributed by atoms with Crippen LogP contribution in [0.15, 0.2) is 4.52 Å². The van der Waals surface area contributed by atoms with Crippen LogP contribution in [-0.2, 0) is 11.3 Å². The number of ether oxygens (including phenoxy) is 1. The molecule has 6 heteroatoms. The van der Waals surface area contributed by atoms with E-state index in [1.807, 2.05) is 20.8 Å². The molecule has 2 rings (SSSR count). The zero-order chi connectivity index (χ0) is 14.6. The fraction of sp³-hybridized carbons (Fsp3) is 0.857. The molecule has 20 heavy (non-hydrogen) atoms. The minimum Gasteiger partial charge on any atom is -0.366 e. The third kappa shape index (κ3) is 4.85. The Morgan fingerprint density at radius 1 is 1.30 bits per heavy atom. The standard InChI is InChI=1S/C14H26N4O2/c1-14(2,3)19-10-12-16-13(17-20-12)11(15)9-18-7-5-4-6-8-18/h11H,4-10,15H2,1-3H3. The SMILES string of the molecule is CC(C)(C)OCc1nc(C(N)CN2CCCCC2)no1. The highest BCUT2D eigenvalue weighted by molar-refractivity contribution is 4.94. The second kappa shape index (κ2) is 6.65. The molecule has 1 saturated heterocycles. The Kier molecular flexibility index (Phi) is 5.12. The number of rotatable bonds is 5. The topological polar surface area (TPSA) is 77.4 Å². The van der Waals surface area contributed by atoms with E-state index in [1.165, 1.54) is 19.3 Å². The fourth-order valence-corrected chi connectivity index (χ4v) is 2.26. The molecule has 1 unspecified atom stereocenters. The molecule has 1 aliphatic heterocycles. The van der Waals surface area contributed by atoms with Crippen molar-refractivity contribution >= 4 is 0 Å². The van der Waals surface area contributed by atoms with Crippen molar-refractivity contribution in [3.05, 3.63) is 11.7 Å². The maximum absolute atomic E-state index is 6.15. The molecule has 0 aliphatic carbocycles. The van der Waals surface area contributed by atoms with E-state index in [0.29, 0.717) is 18.3 Å². The molecule has 0 saturated carbocycles. The van der Waals surface area contributed by atoms with Gasteiger partial charge < -0.3 is 19.9 Å². The zero-order valence-electron chi connectivity index (χ0n) is 12.8. The van der Waals surface area contributed by atoms with Gasteiger partial charge in [0.15, 0.2) is 5.82 Å². The van der Waals surface area contributed by atoms with Crippen molar-refractivity contribution in [2.45, 2.75) is 58.3 Å². The predicted octanol–water partition coefficient (Wildman–Crippen LogP) is 1.87. The van der Waals surface area contributed by atoms with Crippen molar-refractivity contribution in [3.8, 4) is 0 Å². The van der Waals surface area contributed by atoms with Crippen LogP contribution < -0.4 is 5.73 Å². The lowest BCUT2D eigenvalue weighted by molar-refractivity contribution is -0.0260. The van der Waals surface area contributed by atoms with Crippen molar-refractivity contribution in [1.29, 1.82) is 0 Å². The Morgan fingerprint density at radius 2 is 2.00 bits per heavy atom. The van der Waals surface area contributed by atoms with E-state index < -0.39 is 0 Å². The fourth-order valence-electron chi connectivity index (χ4n) is 2.26. The third-order valence-corrected chi connectivity index (χ3v) is 3.35. The van der Waals surface area contributed by atoms with E-state index in [0.717, 1.165) is 19.6 Å². The first-order valence-corrected chi connectivity index (χ1v) is 7.38. The van der Waals surface area contributed by atoms with E-state index in [2.05, 4.69) is 15.0 Å². The maximum Gasteiger partial charge on any atom is 0.252 e. The van der Waals surface area contributed by atoms with Crippen LogP contribution in [-0.4, -0.2) is 40.3 Å². The lowest BCUT2D eigenvalue weighted by atomic mass is 10.1. The van der Waals surface area contributed by atoms with E-state index >= 15 is 0 Å². The molecule has 0 amide bonds. The van der Waals surface area contributed by atoms with Gasteiger partial charge in [-0.2, -0.15) is 4.98 Å². The van der Waals surface area contributed by atoms with E-state index in [9.17, 15) is 0 Å². The Bertz CT molecular complexity index is 408. The van der Waals surface area contributed by atoms with Crippen LogP contribution in [0.25, 0.3) is 0 Å². The summed E-state index contributed by atoms with van der Waals surface area (Å²) in [5.74, 6) is 1.06. The van der Waals surface area contributed by atoms with Crippen LogP contribution >= 0.6 is 0 Å². The first kappa shape index (κ1) is 15.4. The molecule has 1 aliphatic rings. The number of nitrogens with zero attached hydrogens (tertiary/aromatic N) is 3. The van der Waals surface area contributed by atoms with Crippen molar-refractivity contribution in [2.24, 2.45) is 5.73 Å². The summed E-state index contributed by atoms with van der Waals surface area (Å²) >= 11 is 0. The van der Waals surface area contributed by atoms with Crippen molar-refractivity contribution in [3.63, 3.8) is 0 Å². The number of piperidine rings is 1. The Labute approximate surface area is 120 Å². The van der Waals surface area contributed by atoms with Gasteiger partial charge in [0.1, 0.15) is 6.61 Å². The van der Waals surface area contributed by atoms with Crippen molar-refractivity contribution in [2.75, 3.05) is 19.6 Å². The lowest BCUT2D eigenvalue weighted by Crippen LogP contribution is -2.36. The summed E-state index contributed by atoms with van der Waals surface area (Å²) in [5, 5.41) is 3.96. The average Bonchev–Trinajstić information content (AvgIpc) is 2.86. The van der Waals surface area contributed by atoms with Gasteiger partial charge in [0.05, 0.1) is 11.6 Å². The molecule has 0 spiro atoms. The highest BCUT2D eigenvalue weighted by Gasteiger charge is 2.20. The highest BCUT2D eigenvalue weighted by atomic mass is 16.5. The molecule has 1 atom stereocenters. The van der Waals surface area contributed by atoms with Crippen LogP contribution in [0.3, 0.4) is 0 Å². The third-order valence-electron chi connectivity index (χ3n) is 3.35. The second-order valence-corrected chi connectivity index (χ2v) is 6.42. The molecule has 0 radical (unpaired) electrons. The summed E-state index contributed by atoms with van der Waals surface area (Å²) in [6.07, 6.45) is 3.83. The van der Waals surface area contributed by atoms with Crippen molar-refractivity contribution < 1.29 is 9.26 Å². The maximum atomic E-state index is 6.15. The predicted molar refractivity (Wildman–Crippen MR) is 76.1 cm³/mol. The van der Waals surface area contributed by atoms with E-state index in [1.54, 1.807) is 0 Å². The number of hydrogen-bond donors (Lipinski definition) is 1. The monoisotopic (exact) mass is 282 g/mol. The van der Waals surface area contributed by atoms with Gasteiger partial charge in [0, 0.05) is 6.54 Å². The number of aromatic nitrogens is 2. The highest BCUT2D eigenvalue weighted by Crippen LogP contribution is 2.15. The molecule has 2 N–H and O–H groups in total. The summed E-state index contributed by atoms with van der Waals surface area (Å²) in [6, 6.07) is -0.194. The van der Waals surface area contributed by atoms with Gasteiger partial charge in [-0.1, -0.05) is 11.6 Å². The van der Waals surface area contributed by atoms with Gasteiger partial charge in [0.25, 0.3) is 5.89 Å². The molecule has 1 fully saturated rings. The van der Waals surface area contributed by atoms with Gasteiger partial charge in [-0.05, 0) is 46.7 Å². The van der Waals surface area contributed by atoms with Crippen LogP contribution in [0.5, 0.6) is 0 Å². The van der Waals surface area contributed by atoms with Crippen LogP contribution in [0.4, 0.5) is 0 Å².